The number of halogens is 1. The van der Waals surface area contributed by atoms with Crippen molar-refractivity contribution in [3.8, 4) is 0 Å². The van der Waals surface area contributed by atoms with E-state index in [1.807, 2.05) is 19.9 Å². The molecule has 24 heavy (non-hydrogen) atoms. The third kappa shape index (κ3) is 8.29. The van der Waals surface area contributed by atoms with Gasteiger partial charge in [-0.05, 0) is 38.0 Å². The summed E-state index contributed by atoms with van der Waals surface area (Å²) in [5, 5.41) is 6.36. The van der Waals surface area contributed by atoms with E-state index in [9.17, 15) is 8.42 Å². The maximum absolute atomic E-state index is 11.6. The first-order valence-corrected chi connectivity index (χ1v) is 9.67. The first kappa shape index (κ1) is 23.1. The third-order valence-corrected chi connectivity index (χ3v) is 4.40. The Kier molecular flexibility index (Phi) is 11.2. The molecule has 0 aromatic heterocycles. The summed E-state index contributed by atoms with van der Waals surface area (Å²) in [6.07, 6.45) is 1.22. The molecular weight excluding hydrogens is 441 g/mol. The maximum atomic E-state index is 11.6. The second kappa shape index (κ2) is 11.6. The van der Waals surface area contributed by atoms with Crippen LogP contribution >= 0.6 is 24.0 Å². The minimum atomic E-state index is -3.18. The van der Waals surface area contributed by atoms with E-state index >= 15 is 0 Å². The van der Waals surface area contributed by atoms with Crippen LogP contribution in [-0.4, -0.2) is 46.9 Å². The number of sulfone groups is 1. The van der Waals surface area contributed by atoms with Gasteiger partial charge in [-0.15, -0.1) is 24.0 Å². The fraction of sp³-hybridized carbons (Fsp3) is 0.562. The number of rotatable bonds is 8. The first-order valence-electron chi connectivity index (χ1n) is 7.78. The molecule has 1 aromatic rings. The maximum Gasteiger partial charge on any atom is 0.191 e. The molecule has 0 aliphatic carbocycles. The van der Waals surface area contributed by atoms with Gasteiger partial charge >= 0.3 is 0 Å². The summed E-state index contributed by atoms with van der Waals surface area (Å²) < 4.78 is 28.5. The monoisotopic (exact) mass is 469 g/mol. The van der Waals surface area contributed by atoms with Crippen LogP contribution in [0.15, 0.2) is 28.1 Å². The lowest BCUT2D eigenvalue weighted by atomic mass is 10.1. The zero-order chi connectivity index (χ0) is 17.3. The molecule has 1 rings (SSSR count). The highest BCUT2D eigenvalue weighted by Crippen LogP contribution is 2.17. The van der Waals surface area contributed by atoms with E-state index in [-0.39, 0.29) is 24.0 Å². The molecule has 0 bridgehead atoms. The van der Waals surface area contributed by atoms with Crippen LogP contribution in [0, 0.1) is 6.92 Å². The number of hydrogen-bond acceptors (Lipinski definition) is 4. The lowest BCUT2D eigenvalue weighted by molar-refractivity contribution is 0.152. The lowest BCUT2D eigenvalue weighted by Crippen LogP contribution is -2.39. The number of aliphatic imine (C=N–C) groups is 1. The summed E-state index contributed by atoms with van der Waals surface area (Å²) in [5.74, 6) is 0.719. The number of ether oxygens (including phenoxy) is 1. The molecule has 1 aromatic carbocycles. The predicted octanol–water partition coefficient (Wildman–Crippen LogP) is 2.11. The van der Waals surface area contributed by atoms with Gasteiger partial charge in [-0.25, -0.2) is 13.4 Å². The summed E-state index contributed by atoms with van der Waals surface area (Å²) in [5.41, 5.74) is 1.71. The molecule has 0 fully saturated rings. The van der Waals surface area contributed by atoms with E-state index in [1.54, 1.807) is 19.1 Å². The van der Waals surface area contributed by atoms with Crippen molar-refractivity contribution in [2.24, 2.45) is 4.99 Å². The quantitative estimate of drug-likeness (QED) is 0.264. The molecule has 0 unspecified atom stereocenters. The van der Waals surface area contributed by atoms with Crippen molar-refractivity contribution in [3.05, 3.63) is 29.3 Å². The van der Waals surface area contributed by atoms with Crippen molar-refractivity contribution in [1.82, 2.24) is 10.6 Å². The van der Waals surface area contributed by atoms with Gasteiger partial charge in [0.25, 0.3) is 0 Å². The highest BCUT2D eigenvalue weighted by Gasteiger charge is 2.10. The molecule has 8 heteroatoms. The van der Waals surface area contributed by atoms with Crippen LogP contribution < -0.4 is 10.6 Å². The fourth-order valence-electron chi connectivity index (χ4n) is 2.12. The highest BCUT2D eigenvalue weighted by molar-refractivity contribution is 14.0. The molecule has 0 atom stereocenters. The largest absolute Gasteiger partial charge is 0.380 e. The van der Waals surface area contributed by atoms with Gasteiger partial charge in [-0.2, -0.15) is 0 Å². The number of guanidine groups is 1. The van der Waals surface area contributed by atoms with Crippen LogP contribution in [0.25, 0.3) is 0 Å². The third-order valence-electron chi connectivity index (χ3n) is 3.15. The lowest BCUT2D eigenvalue weighted by Gasteiger charge is -2.11. The predicted molar refractivity (Wildman–Crippen MR) is 109 cm³/mol. The van der Waals surface area contributed by atoms with E-state index in [2.05, 4.69) is 15.6 Å². The minimum Gasteiger partial charge on any atom is -0.380 e. The molecule has 6 nitrogen and oxygen atoms in total. The van der Waals surface area contributed by atoms with Crippen molar-refractivity contribution in [1.29, 1.82) is 0 Å². The summed E-state index contributed by atoms with van der Waals surface area (Å²) in [7, 11) is -3.18. The normalized spacial score (nSPS) is 11.8. The Morgan fingerprint density at radius 1 is 1.25 bits per heavy atom. The molecule has 0 amide bonds. The van der Waals surface area contributed by atoms with E-state index in [1.165, 1.54) is 6.26 Å². The van der Waals surface area contributed by atoms with Crippen molar-refractivity contribution < 1.29 is 13.2 Å². The smallest absolute Gasteiger partial charge is 0.191 e. The zero-order valence-electron chi connectivity index (χ0n) is 14.8. The summed E-state index contributed by atoms with van der Waals surface area (Å²) >= 11 is 0. The van der Waals surface area contributed by atoms with Gasteiger partial charge in [0.1, 0.15) is 0 Å². The zero-order valence-corrected chi connectivity index (χ0v) is 17.9. The molecule has 0 spiro atoms. The molecule has 0 aliphatic heterocycles. The molecule has 0 saturated carbocycles. The van der Waals surface area contributed by atoms with Crippen LogP contribution in [0.5, 0.6) is 0 Å². The standard InChI is InChI=1S/C16H27N3O3S.HI/c1-5-17-16(18-9-10-22-6-2)19-12-14-7-8-15(13(3)11-14)23(4,20)21;/h7-8,11H,5-6,9-10,12H2,1-4H3,(H2,17,18,19);1H. The fourth-order valence-corrected chi connectivity index (χ4v) is 3.08. The second-order valence-electron chi connectivity index (χ2n) is 5.19. The SMILES string of the molecule is CCNC(=NCc1ccc(S(C)(=O)=O)c(C)c1)NCCOCC.I. The summed E-state index contributed by atoms with van der Waals surface area (Å²) in [6, 6.07) is 5.31. The molecule has 2 N–H and O–H groups in total. The van der Waals surface area contributed by atoms with Crippen LogP contribution in [-0.2, 0) is 21.1 Å². The number of aryl methyl sites for hydroxylation is 1. The van der Waals surface area contributed by atoms with Gasteiger partial charge in [0.2, 0.25) is 0 Å². The van der Waals surface area contributed by atoms with Gasteiger partial charge in [0.15, 0.2) is 15.8 Å². The molecule has 0 aliphatic rings. The second-order valence-corrected chi connectivity index (χ2v) is 7.18. The van der Waals surface area contributed by atoms with Gasteiger partial charge < -0.3 is 15.4 Å². The Labute approximate surface area is 162 Å². The Bertz CT molecular complexity index is 633. The Morgan fingerprint density at radius 2 is 1.96 bits per heavy atom. The van der Waals surface area contributed by atoms with E-state index in [4.69, 9.17) is 4.74 Å². The van der Waals surface area contributed by atoms with Gasteiger partial charge in [0, 0.05) is 26.0 Å². The van der Waals surface area contributed by atoms with Crippen LogP contribution in [0.1, 0.15) is 25.0 Å². The van der Waals surface area contributed by atoms with E-state index in [0.717, 1.165) is 23.6 Å². The average molecular weight is 469 g/mol. The van der Waals surface area contributed by atoms with E-state index in [0.29, 0.717) is 31.2 Å². The van der Waals surface area contributed by atoms with Gasteiger partial charge in [0.05, 0.1) is 18.0 Å². The van der Waals surface area contributed by atoms with Crippen LogP contribution in [0.2, 0.25) is 0 Å². The number of nitrogens with one attached hydrogen (secondary N) is 2. The Hall–Kier alpha value is -0.870. The molecule has 0 radical (unpaired) electrons. The van der Waals surface area contributed by atoms with Crippen LogP contribution in [0.4, 0.5) is 0 Å². The average Bonchev–Trinajstić information content (AvgIpc) is 2.47. The number of nitrogens with zero attached hydrogens (tertiary/aromatic N) is 1. The molecule has 138 valence electrons. The summed E-state index contributed by atoms with van der Waals surface area (Å²) in [4.78, 5) is 4.87. The number of benzene rings is 1. The minimum absolute atomic E-state index is 0. The van der Waals surface area contributed by atoms with E-state index < -0.39 is 9.84 Å². The van der Waals surface area contributed by atoms with Crippen molar-refractivity contribution in [2.45, 2.75) is 32.2 Å². The molecular formula is C16H28IN3O3S. The molecule has 0 saturated heterocycles. The van der Waals surface area contributed by atoms with Crippen molar-refractivity contribution >= 4 is 39.8 Å². The highest BCUT2D eigenvalue weighted by atomic mass is 127. The number of hydrogen-bond donors (Lipinski definition) is 2. The van der Waals surface area contributed by atoms with Crippen LogP contribution in [0.3, 0.4) is 0 Å². The Balaban J connectivity index is 0.00000529. The first-order chi connectivity index (χ1) is 10.9. The van der Waals surface area contributed by atoms with Gasteiger partial charge in [-0.1, -0.05) is 12.1 Å². The topological polar surface area (TPSA) is 79.8 Å². The summed E-state index contributed by atoms with van der Waals surface area (Å²) in [6.45, 7) is 9.03. The molecule has 0 heterocycles. The van der Waals surface area contributed by atoms with Crippen molar-refractivity contribution in [3.63, 3.8) is 0 Å². The van der Waals surface area contributed by atoms with Crippen molar-refractivity contribution in [2.75, 3.05) is 32.6 Å². The Morgan fingerprint density at radius 3 is 2.50 bits per heavy atom. The van der Waals surface area contributed by atoms with Gasteiger partial charge in [-0.3, -0.25) is 0 Å².